The van der Waals surface area contributed by atoms with Crippen LogP contribution < -0.4 is 0 Å². The Morgan fingerprint density at radius 1 is 0.262 bits per heavy atom. The van der Waals surface area contributed by atoms with E-state index in [1.807, 2.05) is 48.5 Å². The van der Waals surface area contributed by atoms with Crippen molar-refractivity contribution in [1.29, 1.82) is 0 Å². The molecule has 5 heteroatoms. The van der Waals surface area contributed by atoms with Crippen LogP contribution in [0.1, 0.15) is 0 Å². The van der Waals surface area contributed by atoms with Gasteiger partial charge in [-0.1, -0.05) is 212 Å². The van der Waals surface area contributed by atoms with Crippen LogP contribution in [0.4, 0.5) is 0 Å². The summed E-state index contributed by atoms with van der Waals surface area (Å²) in [6, 6.07) is 78.0. The molecule has 0 bridgehead atoms. The fraction of sp³-hybridized carbons (Fsp3) is 0. The Balaban J connectivity index is 0.996. The number of fused-ring (bicyclic) bond motifs is 3. The number of hydrogen-bond acceptors (Lipinski definition) is 4. The average molecular weight is 780 g/mol. The van der Waals surface area contributed by atoms with Crippen LogP contribution in [0.2, 0.25) is 0 Å². The monoisotopic (exact) mass is 779 g/mol. The van der Waals surface area contributed by atoms with Crippen LogP contribution >= 0.6 is 0 Å². The van der Waals surface area contributed by atoms with Crippen LogP contribution in [0.15, 0.2) is 224 Å². The number of aromatic nitrogens is 5. The Hall–Kier alpha value is -8.28. The molecule has 3 aromatic heterocycles. The zero-order chi connectivity index (χ0) is 40.5. The van der Waals surface area contributed by atoms with E-state index in [0.717, 1.165) is 83.8 Å². The van der Waals surface area contributed by atoms with Crippen molar-refractivity contribution in [3.05, 3.63) is 224 Å². The smallest absolute Gasteiger partial charge is 0.163 e. The van der Waals surface area contributed by atoms with Gasteiger partial charge in [0.05, 0.1) is 17.1 Å². The maximum absolute atomic E-state index is 5.25. The molecule has 3 heterocycles. The molecular formula is C56H37N5. The summed E-state index contributed by atoms with van der Waals surface area (Å²) in [6.07, 6.45) is 0. The largest absolute Gasteiger partial charge is 0.277 e. The molecule has 0 aliphatic carbocycles. The highest BCUT2D eigenvalue weighted by Crippen LogP contribution is 2.39. The first-order valence-electron chi connectivity index (χ1n) is 20.5. The third-order valence-corrected chi connectivity index (χ3v) is 11.3. The van der Waals surface area contributed by atoms with E-state index in [-0.39, 0.29) is 0 Å². The minimum absolute atomic E-state index is 0.693. The third kappa shape index (κ3) is 6.84. The van der Waals surface area contributed by atoms with Crippen molar-refractivity contribution in [2.24, 2.45) is 0 Å². The van der Waals surface area contributed by atoms with Gasteiger partial charge in [-0.05, 0) is 39.9 Å². The molecule has 0 N–H and O–H groups in total. The first-order chi connectivity index (χ1) is 30.2. The summed E-state index contributed by atoms with van der Waals surface area (Å²) in [5.74, 6) is 2.23. The molecule has 0 aliphatic rings. The summed E-state index contributed by atoms with van der Waals surface area (Å²) in [5.41, 5.74) is 14.4. The highest BCUT2D eigenvalue weighted by molar-refractivity contribution is 6.06. The lowest BCUT2D eigenvalue weighted by Crippen LogP contribution is -2.03. The van der Waals surface area contributed by atoms with Crippen LogP contribution in [-0.4, -0.2) is 24.3 Å². The Kier molecular flexibility index (Phi) is 9.10. The number of benzene rings is 8. The molecule has 0 fully saturated rings. The molecule has 0 saturated heterocycles. The van der Waals surface area contributed by atoms with Gasteiger partial charge >= 0.3 is 0 Å². The van der Waals surface area contributed by atoms with Crippen molar-refractivity contribution in [3.63, 3.8) is 0 Å². The summed E-state index contributed by atoms with van der Waals surface area (Å²) < 4.78 is 2.24. The van der Waals surface area contributed by atoms with Crippen molar-refractivity contribution in [2.45, 2.75) is 0 Å². The van der Waals surface area contributed by atoms with E-state index >= 15 is 0 Å². The molecule has 0 atom stereocenters. The molecule has 0 amide bonds. The third-order valence-electron chi connectivity index (χ3n) is 11.3. The zero-order valence-electron chi connectivity index (χ0n) is 33.1. The van der Waals surface area contributed by atoms with E-state index in [0.29, 0.717) is 11.6 Å². The molecule has 0 radical (unpaired) electrons. The van der Waals surface area contributed by atoms with Crippen molar-refractivity contribution >= 4 is 16.4 Å². The van der Waals surface area contributed by atoms with E-state index in [4.69, 9.17) is 19.9 Å². The molecule has 8 aromatic carbocycles. The molecule has 0 saturated carbocycles. The second-order valence-electron chi connectivity index (χ2n) is 15.1. The van der Waals surface area contributed by atoms with Crippen LogP contribution in [0.3, 0.4) is 0 Å². The Bertz CT molecular complexity index is 3310. The maximum Gasteiger partial charge on any atom is 0.163 e. The first-order valence-corrected chi connectivity index (χ1v) is 20.5. The topological polar surface area (TPSA) is 56.0 Å². The maximum atomic E-state index is 5.25. The summed E-state index contributed by atoms with van der Waals surface area (Å²) in [5, 5.41) is 2.20. The van der Waals surface area contributed by atoms with Gasteiger partial charge in [-0.3, -0.25) is 4.40 Å². The second-order valence-corrected chi connectivity index (χ2v) is 15.1. The molecule has 0 spiro atoms. The molecular weight excluding hydrogens is 743 g/mol. The molecule has 0 aliphatic heterocycles. The fourth-order valence-corrected chi connectivity index (χ4v) is 8.21. The molecule has 11 rings (SSSR count). The fourth-order valence-electron chi connectivity index (χ4n) is 8.21. The minimum Gasteiger partial charge on any atom is -0.277 e. The number of nitrogens with zero attached hydrogens (tertiary/aromatic N) is 5. The van der Waals surface area contributed by atoms with Gasteiger partial charge in [0.25, 0.3) is 0 Å². The predicted molar refractivity (Wildman–Crippen MR) is 250 cm³/mol. The van der Waals surface area contributed by atoms with Crippen LogP contribution in [0, 0.1) is 0 Å². The lowest BCUT2D eigenvalue weighted by molar-refractivity contribution is 1.05. The molecule has 11 aromatic rings. The molecule has 61 heavy (non-hydrogen) atoms. The second kappa shape index (κ2) is 15.5. The predicted octanol–water partition coefficient (Wildman–Crippen LogP) is 14.0. The Labute approximate surface area is 354 Å². The molecule has 0 unspecified atom stereocenters. The minimum atomic E-state index is 0.693. The summed E-state index contributed by atoms with van der Waals surface area (Å²) in [6.45, 7) is 0. The highest BCUT2D eigenvalue weighted by Gasteiger charge is 2.21. The summed E-state index contributed by atoms with van der Waals surface area (Å²) in [4.78, 5) is 20.7. The number of rotatable bonds is 8. The summed E-state index contributed by atoms with van der Waals surface area (Å²) in [7, 11) is 0. The van der Waals surface area contributed by atoms with Gasteiger partial charge in [-0.15, -0.1) is 0 Å². The van der Waals surface area contributed by atoms with Gasteiger partial charge in [-0.25, -0.2) is 19.9 Å². The van der Waals surface area contributed by atoms with E-state index < -0.39 is 0 Å². The van der Waals surface area contributed by atoms with Crippen LogP contribution in [0.5, 0.6) is 0 Å². The van der Waals surface area contributed by atoms with Crippen molar-refractivity contribution in [3.8, 4) is 90.2 Å². The molecule has 286 valence electrons. The van der Waals surface area contributed by atoms with Gasteiger partial charge in [0.2, 0.25) is 0 Å². The van der Waals surface area contributed by atoms with E-state index in [1.165, 1.54) is 11.1 Å². The lowest BCUT2D eigenvalue weighted by Gasteiger charge is -2.13. The Morgan fingerprint density at radius 3 is 1.25 bits per heavy atom. The SMILES string of the molecule is c1ccc(-c2ccc(-c3cc(-c4ccc(-c5cccc(-c6c7ccccc7c7nc(-c8ccccc8)nc(-c8ccccc8)n67)c5)cc4)nc(-c4ccccc4)n3)cc2)cc1. The van der Waals surface area contributed by atoms with E-state index in [1.54, 1.807) is 0 Å². The van der Waals surface area contributed by atoms with E-state index in [2.05, 4.69) is 180 Å². The van der Waals surface area contributed by atoms with Gasteiger partial charge in [-0.2, -0.15) is 0 Å². The van der Waals surface area contributed by atoms with Crippen molar-refractivity contribution < 1.29 is 0 Å². The quantitative estimate of drug-likeness (QED) is 0.154. The van der Waals surface area contributed by atoms with Gasteiger partial charge in [0, 0.05) is 38.6 Å². The van der Waals surface area contributed by atoms with Gasteiger partial charge < -0.3 is 0 Å². The van der Waals surface area contributed by atoms with E-state index in [9.17, 15) is 0 Å². The summed E-state index contributed by atoms with van der Waals surface area (Å²) >= 11 is 0. The Morgan fingerprint density at radius 2 is 0.672 bits per heavy atom. The standard InChI is InChI=1S/C56H37N5/c1-5-16-38(17-6-1)39-28-32-41(33-29-39)50-37-51(58-53(57-50)43-18-7-2-8-19-43)42-34-30-40(31-35-42)46-24-15-25-47(36-46)52-48-26-13-14-27-49(48)56-60-54(44-20-9-3-10-21-44)59-55(61(52)56)45-22-11-4-12-23-45/h1-37H. The van der Waals surface area contributed by atoms with Gasteiger partial charge in [0.15, 0.2) is 11.6 Å². The van der Waals surface area contributed by atoms with Crippen molar-refractivity contribution in [1.82, 2.24) is 24.3 Å². The van der Waals surface area contributed by atoms with Crippen molar-refractivity contribution in [2.75, 3.05) is 0 Å². The van der Waals surface area contributed by atoms with Crippen LogP contribution in [0.25, 0.3) is 107 Å². The number of hydrogen-bond donors (Lipinski definition) is 0. The van der Waals surface area contributed by atoms with Gasteiger partial charge in [0.1, 0.15) is 11.5 Å². The normalized spacial score (nSPS) is 11.3. The lowest BCUT2D eigenvalue weighted by atomic mass is 9.98. The first kappa shape index (κ1) is 35.8. The van der Waals surface area contributed by atoms with Crippen LogP contribution in [-0.2, 0) is 0 Å². The average Bonchev–Trinajstić information content (AvgIpc) is 3.69. The zero-order valence-corrected chi connectivity index (χ0v) is 33.1. The molecule has 5 nitrogen and oxygen atoms in total. The highest BCUT2D eigenvalue weighted by atomic mass is 15.1.